The summed E-state index contributed by atoms with van der Waals surface area (Å²) in [4.78, 5) is 12.9. The molecule has 4 rings (SSSR count). The van der Waals surface area contributed by atoms with Gasteiger partial charge in [0.25, 0.3) is 0 Å². The average molecular weight is 385 g/mol. The summed E-state index contributed by atoms with van der Waals surface area (Å²) in [5, 5.41) is 3.01. The van der Waals surface area contributed by atoms with E-state index in [0.717, 1.165) is 43.2 Å². The fourth-order valence-corrected chi connectivity index (χ4v) is 4.92. The highest BCUT2D eigenvalue weighted by atomic mass is 32.2. The maximum atomic E-state index is 12.7. The zero-order valence-corrected chi connectivity index (χ0v) is 16.0. The van der Waals surface area contributed by atoms with Crippen LogP contribution >= 0.6 is 0 Å². The Morgan fingerprint density at radius 2 is 1.74 bits per heavy atom. The zero-order valence-electron chi connectivity index (χ0n) is 15.1. The third-order valence-corrected chi connectivity index (χ3v) is 6.82. The summed E-state index contributed by atoms with van der Waals surface area (Å²) >= 11 is 0. The van der Waals surface area contributed by atoms with Crippen molar-refractivity contribution in [1.82, 2.24) is 10.0 Å². The van der Waals surface area contributed by atoms with Gasteiger partial charge in [-0.25, -0.2) is 13.1 Å². The predicted molar refractivity (Wildman–Crippen MR) is 104 cm³/mol. The van der Waals surface area contributed by atoms with Crippen LogP contribution in [-0.4, -0.2) is 20.4 Å². The summed E-state index contributed by atoms with van der Waals surface area (Å²) in [6, 6.07) is 15.0. The summed E-state index contributed by atoms with van der Waals surface area (Å²) in [6.07, 6.45) is 4.74. The van der Waals surface area contributed by atoms with Crippen molar-refractivity contribution in [1.29, 1.82) is 0 Å². The van der Waals surface area contributed by atoms with E-state index in [1.807, 2.05) is 18.2 Å². The third kappa shape index (κ3) is 4.22. The summed E-state index contributed by atoms with van der Waals surface area (Å²) < 4.78 is 27.1. The lowest BCUT2D eigenvalue weighted by Crippen LogP contribution is -2.31. The first-order valence-electron chi connectivity index (χ1n) is 9.50. The average Bonchev–Trinajstić information content (AvgIpc) is 3.49. The van der Waals surface area contributed by atoms with E-state index in [0.29, 0.717) is 6.54 Å². The molecule has 2 aliphatic rings. The van der Waals surface area contributed by atoms with Crippen LogP contribution < -0.4 is 10.0 Å². The lowest BCUT2D eigenvalue weighted by atomic mass is 9.82. The lowest BCUT2D eigenvalue weighted by Gasteiger charge is -2.24. The number of hydrogen-bond donors (Lipinski definition) is 2. The van der Waals surface area contributed by atoms with Crippen molar-refractivity contribution in [2.24, 2.45) is 0 Å². The highest BCUT2D eigenvalue weighted by molar-refractivity contribution is 7.89. The molecular weight excluding hydrogens is 360 g/mol. The molecule has 2 aliphatic carbocycles. The zero-order chi connectivity index (χ0) is 18.9. The van der Waals surface area contributed by atoms with E-state index in [-0.39, 0.29) is 22.8 Å². The summed E-state index contributed by atoms with van der Waals surface area (Å²) in [5.74, 6) is -0.0633. The Labute approximate surface area is 160 Å². The van der Waals surface area contributed by atoms with Gasteiger partial charge in [-0.2, -0.15) is 0 Å². The Kier molecular flexibility index (Phi) is 5.02. The molecular formula is C21H24N2O3S. The highest BCUT2D eigenvalue weighted by Gasteiger charge is 2.28. The molecule has 0 heterocycles. The van der Waals surface area contributed by atoms with Gasteiger partial charge >= 0.3 is 0 Å². The molecule has 27 heavy (non-hydrogen) atoms. The number of carbonyl (C=O) groups excluding carboxylic acids is 1. The molecule has 5 nitrogen and oxygen atoms in total. The van der Waals surface area contributed by atoms with E-state index in [2.05, 4.69) is 16.1 Å². The molecule has 6 heteroatoms. The van der Waals surface area contributed by atoms with Gasteiger partial charge < -0.3 is 5.32 Å². The van der Waals surface area contributed by atoms with Gasteiger partial charge in [-0.3, -0.25) is 4.79 Å². The van der Waals surface area contributed by atoms with Crippen LogP contribution in [0.1, 0.15) is 48.3 Å². The van der Waals surface area contributed by atoms with Crippen LogP contribution in [0.2, 0.25) is 0 Å². The Balaban J connectivity index is 1.38. The molecule has 142 valence electrons. The molecule has 2 aromatic rings. The second-order valence-electron chi connectivity index (χ2n) is 7.40. The number of nitrogens with one attached hydrogen (secondary N) is 2. The normalized spacial score (nSPS) is 19.3. The monoisotopic (exact) mass is 384 g/mol. The van der Waals surface area contributed by atoms with Gasteiger partial charge in [-0.1, -0.05) is 36.4 Å². The summed E-state index contributed by atoms with van der Waals surface area (Å²) in [6.45, 7) is 0.397. The van der Waals surface area contributed by atoms with E-state index in [4.69, 9.17) is 0 Å². The molecule has 0 bridgehead atoms. The molecule has 2 aromatic carbocycles. The van der Waals surface area contributed by atoms with Crippen LogP contribution in [0.3, 0.4) is 0 Å². The molecule has 0 radical (unpaired) electrons. The Bertz CT molecular complexity index is 934. The number of fused-ring (bicyclic) bond motifs is 1. The molecule has 1 fully saturated rings. The fraction of sp³-hybridized carbons (Fsp3) is 0.381. The van der Waals surface area contributed by atoms with Crippen LogP contribution in [0.4, 0.5) is 0 Å². The molecule has 0 aromatic heterocycles. The number of sulfonamides is 1. The third-order valence-electron chi connectivity index (χ3n) is 5.29. The van der Waals surface area contributed by atoms with Gasteiger partial charge in [-0.15, -0.1) is 0 Å². The number of carbonyl (C=O) groups is 1. The van der Waals surface area contributed by atoms with Crippen molar-refractivity contribution in [3.05, 3.63) is 65.2 Å². The van der Waals surface area contributed by atoms with E-state index in [1.165, 1.54) is 5.56 Å². The first kappa shape index (κ1) is 18.2. The highest BCUT2D eigenvalue weighted by Crippen LogP contribution is 2.31. The molecule has 1 atom stereocenters. The van der Waals surface area contributed by atoms with Gasteiger partial charge in [0.15, 0.2) is 0 Å². The van der Waals surface area contributed by atoms with Crippen LogP contribution in [0.15, 0.2) is 53.4 Å². The number of rotatable bonds is 6. The SMILES string of the molecule is O=C(NCc1ccc(S(=O)(=O)NC2CC2)cc1)[C@H]1CCCc2ccccc21. The number of aryl methyl sites for hydroxylation is 1. The van der Waals surface area contributed by atoms with E-state index < -0.39 is 10.0 Å². The second kappa shape index (κ2) is 7.44. The van der Waals surface area contributed by atoms with Crippen molar-refractivity contribution in [3.8, 4) is 0 Å². The number of amides is 1. The molecule has 0 unspecified atom stereocenters. The van der Waals surface area contributed by atoms with Crippen molar-refractivity contribution in [3.63, 3.8) is 0 Å². The van der Waals surface area contributed by atoms with Crippen LogP contribution in [-0.2, 0) is 27.8 Å². The van der Waals surface area contributed by atoms with Gasteiger partial charge in [0, 0.05) is 12.6 Å². The first-order chi connectivity index (χ1) is 13.0. The Morgan fingerprint density at radius 1 is 1.00 bits per heavy atom. The molecule has 0 saturated heterocycles. The summed E-state index contributed by atoms with van der Waals surface area (Å²) in [5.41, 5.74) is 3.29. The molecule has 0 spiro atoms. The van der Waals surface area contributed by atoms with Crippen molar-refractivity contribution in [2.75, 3.05) is 0 Å². The fourth-order valence-electron chi connectivity index (χ4n) is 3.61. The van der Waals surface area contributed by atoms with E-state index in [1.54, 1.807) is 24.3 Å². The smallest absolute Gasteiger partial charge is 0.240 e. The van der Waals surface area contributed by atoms with Gasteiger partial charge in [0.1, 0.15) is 0 Å². The Morgan fingerprint density at radius 3 is 2.48 bits per heavy atom. The van der Waals surface area contributed by atoms with Crippen molar-refractivity contribution in [2.45, 2.75) is 55.5 Å². The minimum atomic E-state index is -3.43. The topological polar surface area (TPSA) is 75.3 Å². The van der Waals surface area contributed by atoms with Crippen molar-refractivity contribution < 1.29 is 13.2 Å². The van der Waals surface area contributed by atoms with E-state index in [9.17, 15) is 13.2 Å². The first-order valence-corrected chi connectivity index (χ1v) is 11.0. The van der Waals surface area contributed by atoms with Crippen LogP contribution in [0.5, 0.6) is 0 Å². The van der Waals surface area contributed by atoms with Crippen LogP contribution in [0.25, 0.3) is 0 Å². The maximum Gasteiger partial charge on any atom is 0.240 e. The molecule has 2 N–H and O–H groups in total. The minimum Gasteiger partial charge on any atom is -0.351 e. The second-order valence-corrected chi connectivity index (χ2v) is 9.11. The quantitative estimate of drug-likeness (QED) is 0.804. The minimum absolute atomic E-state index is 0.0363. The number of benzene rings is 2. The van der Waals surface area contributed by atoms with Crippen molar-refractivity contribution >= 4 is 15.9 Å². The maximum absolute atomic E-state index is 12.7. The molecule has 1 saturated carbocycles. The van der Waals surface area contributed by atoms with E-state index >= 15 is 0 Å². The summed E-state index contributed by atoms with van der Waals surface area (Å²) in [7, 11) is -3.43. The number of hydrogen-bond acceptors (Lipinski definition) is 3. The van der Waals surface area contributed by atoms with Gasteiger partial charge in [-0.05, 0) is 60.9 Å². The largest absolute Gasteiger partial charge is 0.351 e. The predicted octanol–water partition coefficient (Wildman–Crippen LogP) is 2.86. The van der Waals surface area contributed by atoms with Gasteiger partial charge in [0.2, 0.25) is 15.9 Å². The molecule has 1 amide bonds. The standard InChI is InChI=1S/C21H24N2O3S/c24-21(20-7-3-5-16-4-1-2-6-19(16)20)22-14-15-8-12-18(13-9-15)27(25,26)23-17-10-11-17/h1-2,4,6,8-9,12-13,17,20,23H,3,5,7,10-11,14H2,(H,22,24)/t20-/m0/s1. The van der Waals surface area contributed by atoms with Crippen LogP contribution in [0, 0.1) is 0 Å². The lowest BCUT2D eigenvalue weighted by molar-refractivity contribution is -0.123. The van der Waals surface area contributed by atoms with Gasteiger partial charge in [0.05, 0.1) is 10.8 Å². The Hall–Kier alpha value is -2.18. The molecule has 0 aliphatic heterocycles.